The molecule has 0 radical (unpaired) electrons. The molecule has 2 aliphatic heterocycles. The van der Waals surface area contributed by atoms with Crippen molar-refractivity contribution in [3.8, 4) is 0 Å². The lowest BCUT2D eigenvalue weighted by Gasteiger charge is -2.35. The van der Waals surface area contributed by atoms with Crippen LogP contribution in [0.25, 0.3) is 0 Å². The number of sulfonamides is 1. The van der Waals surface area contributed by atoms with Crippen molar-refractivity contribution in [1.82, 2.24) is 14.1 Å². The number of ether oxygens (including phenoxy) is 1. The predicted molar refractivity (Wildman–Crippen MR) is 135 cm³/mol. The highest BCUT2D eigenvalue weighted by molar-refractivity contribution is 7.89. The fourth-order valence-electron chi connectivity index (χ4n) is 5.60. The Labute approximate surface area is 208 Å². The summed E-state index contributed by atoms with van der Waals surface area (Å²) in [7, 11) is -3.54. The van der Waals surface area contributed by atoms with Crippen molar-refractivity contribution in [2.24, 2.45) is 0 Å². The summed E-state index contributed by atoms with van der Waals surface area (Å²) < 4.78 is 33.7. The molecule has 2 aromatic rings. The zero-order chi connectivity index (χ0) is 24.6. The summed E-state index contributed by atoms with van der Waals surface area (Å²) in [6.07, 6.45) is 3.52. The molecule has 1 aliphatic carbocycles. The number of rotatable bonds is 5. The Hall–Kier alpha value is -2.26. The molecule has 2 saturated heterocycles. The van der Waals surface area contributed by atoms with Gasteiger partial charge in [-0.05, 0) is 74.1 Å². The Balaban J connectivity index is 1.17. The van der Waals surface area contributed by atoms with Gasteiger partial charge in [-0.3, -0.25) is 9.69 Å². The maximum Gasteiger partial charge on any atom is 0.253 e. The zero-order valence-corrected chi connectivity index (χ0v) is 21.5. The quantitative estimate of drug-likeness (QED) is 0.635. The molecule has 2 unspecified atom stereocenters. The molecule has 5 rings (SSSR count). The fraction of sp³-hybridized carbons (Fsp3) is 0.519. The highest BCUT2D eigenvalue weighted by Gasteiger charge is 2.31. The van der Waals surface area contributed by atoms with Crippen molar-refractivity contribution in [2.45, 2.75) is 56.8 Å². The highest BCUT2D eigenvalue weighted by atomic mass is 32.2. The maximum absolute atomic E-state index is 13.2. The number of morpholine rings is 1. The van der Waals surface area contributed by atoms with Gasteiger partial charge in [0.25, 0.3) is 5.91 Å². The van der Waals surface area contributed by atoms with E-state index in [2.05, 4.69) is 18.7 Å². The molecule has 0 aromatic heterocycles. The van der Waals surface area contributed by atoms with Gasteiger partial charge in [-0.25, -0.2) is 8.42 Å². The summed E-state index contributed by atoms with van der Waals surface area (Å²) in [6.45, 7) is 8.28. The van der Waals surface area contributed by atoms with Crippen LogP contribution in [-0.4, -0.2) is 79.9 Å². The summed E-state index contributed by atoms with van der Waals surface area (Å²) in [5.41, 5.74) is 4.24. The first kappa shape index (κ1) is 24.4. The molecule has 0 saturated carbocycles. The second kappa shape index (κ2) is 10.0. The van der Waals surface area contributed by atoms with Gasteiger partial charge < -0.3 is 9.64 Å². The van der Waals surface area contributed by atoms with Gasteiger partial charge in [0.1, 0.15) is 0 Å². The molecule has 2 atom stereocenters. The first-order valence-electron chi connectivity index (χ1n) is 12.7. The van der Waals surface area contributed by atoms with E-state index in [1.54, 1.807) is 11.0 Å². The number of carbonyl (C=O) groups is 1. The Morgan fingerprint density at radius 2 is 1.57 bits per heavy atom. The maximum atomic E-state index is 13.2. The second-order valence-corrected chi connectivity index (χ2v) is 12.1. The first-order valence-corrected chi connectivity index (χ1v) is 14.1. The van der Waals surface area contributed by atoms with Gasteiger partial charge in [-0.15, -0.1) is 0 Å². The SMILES string of the molecule is CC1CN(Cc2ccc(C(=O)N3CCN(S(=O)(=O)c4ccc5c(c4)CCC5)CC3)cc2)CC(C)O1. The Morgan fingerprint density at radius 3 is 2.26 bits per heavy atom. The summed E-state index contributed by atoms with van der Waals surface area (Å²) in [5.74, 6) is -0.0419. The minimum atomic E-state index is -3.54. The molecule has 0 N–H and O–H groups in total. The zero-order valence-electron chi connectivity index (χ0n) is 20.7. The number of piperazine rings is 1. The number of amides is 1. The van der Waals surface area contributed by atoms with Crippen LogP contribution in [0.15, 0.2) is 47.4 Å². The summed E-state index contributed by atoms with van der Waals surface area (Å²) in [6, 6.07) is 13.3. The number of hydrogen-bond acceptors (Lipinski definition) is 5. The van der Waals surface area contributed by atoms with Gasteiger partial charge in [-0.1, -0.05) is 18.2 Å². The molecule has 2 heterocycles. The van der Waals surface area contributed by atoms with E-state index in [9.17, 15) is 13.2 Å². The van der Waals surface area contributed by atoms with Gasteiger partial charge in [0, 0.05) is 51.4 Å². The van der Waals surface area contributed by atoms with Crippen molar-refractivity contribution in [1.29, 1.82) is 0 Å². The molecular formula is C27H35N3O4S. The summed E-state index contributed by atoms with van der Waals surface area (Å²) in [4.78, 5) is 17.6. The lowest BCUT2D eigenvalue weighted by atomic mass is 10.1. The van der Waals surface area contributed by atoms with Crippen molar-refractivity contribution < 1.29 is 17.9 Å². The third kappa shape index (κ3) is 5.31. The molecule has 1 amide bonds. The number of hydrogen-bond donors (Lipinski definition) is 0. The lowest BCUT2D eigenvalue weighted by Crippen LogP contribution is -2.50. The van der Waals surface area contributed by atoms with Crippen molar-refractivity contribution in [3.63, 3.8) is 0 Å². The van der Waals surface area contributed by atoms with Gasteiger partial charge >= 0.3 is 0 Å². The standard InChI is InChI=1S/C27H35N3O4S/c1-20-17-28(18-21(2)34-20)19-22-6-8-24(9-7-22)27(31)29-12-14-30(15-13-29)35(32,33)26-11-10-23-4-3-5-25(23)16-26/h6-11,16,20-21H,3-5,12-15,17-19H2,1-2H3. The number of fused-ring (bicyclic) bond motifs is 1. The number of nitrogens with zero attached hydrogens (tertiary/aromatic N) is 3. The molecule has 8 heteroatoms. The van der Waals surface area contributed by atoms with Crippen LogP contribution in [0.1, 0.15) is 47.3 Å². The van der Waals surface area contributed by atoms with Crippen LogP contribution >= 0.6 is 0 Å². The van der Waals surface area contributed by atoms with E-state index >= 15 is 0 Å². The normalized spacial score (nSPS) is 23.9. The average Bonchev–Trinajstić information content (AvgIpc) is 3.32. The first-order chi connectivity index (χ1) is 16.8. The minimum Gasteiger partial charge on any atom is -0.373 e. The molecule has 0 bridgehead atoms. The molecule has 7 nitrogen and oxygen atoms in total. The topological polar surface area (TPSA) is 70.2 Å². The Bertz CT molecular complexity index is 1160. The second-order valence-electron chi connectivity index (χ2n) is 10.1. The highest BCUT2D eigenvalue weighted by Crippen LogP contribution is 2.27. The van der Waals surface area contributed by atoms with E-state index in [0.29, 0.717) is 36.6 Å². The predicted octanol–water partition coefficient (Wildman–Crippen LogP) is 2.93. The van der Waals surface area contributed by atoms with Crippen molar-refractivity contribution in [3.05, 3.63) is 64.7 Å². The van der Waals surface area contributed by atoms with Crippen LogP contribution < -0.4 is 0 Å². The van der Waals surface area contributed by atoms with E-state index in [1.807, 2.05) is 36.4 Å². The van der Waals surface area contributed by atoms with Crippen LogP contribution in [0, 0.1) is 0 Å². The Morgan fingerprint density at radius 1 is 0.914 bits per heavy atom. The minimum absolute atomic E-state index is 0.0419. The molecule has 0 spiro atoms. The van der Waals surface area contributed by atoms with Crippen LogP contribution in [0.4, 0.5) is 0 Å². The molecule has 188 valence electrons. The van der Waals surface area contributed by atoms with Crippen LogP contribution in [0.5, 0.6) is 0 Å². The largest absolute Gasteiger partial charge is 0.373 e. The van der Waals surface area contributed by atoms with Crippen molar-refractivity contribution in [2.75, 3.05) is 39.3 Å². The van der Waals surface area contributed by atoms with Gasteiger partial charge in [0.2, 0.25) is 10.0 Å². The van der Waals surface area contributed by atoms with E-state index in [0.717, 1.165) is 44.5 Å². The number of aryl methyl sites for hydroxylation is 2. The van der Waals surface area contributed by atoms with Gasteiger partial charge in [-0.2, -0.15) is 4.31 Å². The molecule has 2 fully saturated rings. The van der Waals surface area contributed by atoms with E-state index in [4.69, 9.17) is 4.74 Å². The third-order valence-corrected chi connectivity index (χ3v) is 9.23. The summed E-state index contributed by atoms with van der Waals surface area (Å²) >= 11 is 0. The molecule has 3 aliphatic rings. The van der Waals surface area contributed by atoms with E-state index in [-0.39, 0.29) is 18.1 Å². The monoisotopic (exact) mass is 497 g/mol. The van der Waals surface area contributed by atoms with Crippen LogP contribution in [-0.2, 0) is 34.1 Å². The van der Waals surface area contributed by atoms with Crippen LogP contribution in [0.2, 0.25) is 0 Å². The summed E-state index contributed by atoms with van der Waals surface area (Å²) in [5, 5.41) is 0. The number of carbonyl (C=O) groups excluding carboxylic acids is 1. The van der Waals surface area contributed by atoms with E-state index < -0.39 is 10.0 Å². The average molecular weight is 498 g/mol. The van der Waals surface area contributed by atoms with Crippen molar-refractivity contribution >= 4 is 15.9 Å². The van der Waals surface area contributed by atoms with Crippen LogP contribution in [0.3, 0.4) is 0 Å². The Kier molecular flexibility index (Phi) is 6.99. The third-order valence-electron chi connectivity index (χ3n) is 7.34. The van der Waals surface area contributed by atoms with E-state index in [1.165, 1.54) is 15.4 Å². The fourth-order valence-corrected chi connectivity index (χ4v) is 7.07. The van der Waals surface area contributed by atoms with Gasteiger partial charge in [0.15, 0.2) is 0 Å². The smallest absolute Gasteiger partial charge is 0.253 e. The molecular weight excluding hydrogens is 462 g/mol. The van der Waals surface area contributed by atoms with Gasteiger partial charge in [0.05, 0.1) is 17.1 Å². The number of benzene rings is 2. The lowest BCUT2D eigenvalue weighted by molar-refractivity contribution is -0.0704. The molecule has 35 heavy (non-hydrogen) atoms. The molecule has 2 aromatic carbocycles.